The molecule has 0 unspecified atom stereocenters. The summed E-state index contributed by atoms with van der Waals surface area (Å²) in [5.41, 5.74) is 2.90. The summed E-state index contributed by atoms with van der Waals surface area (Å²) >= 11 is 0. The fourth-order valence-corrected chi connectivity index (χ4v) is 3.78. The number of carbonyl (C=O) groups excluding carboxylic acids is 2. The van der Waals surface area contributed by atoms with Crippen LogP contribution in [0.15, 0.2) is 84.9 Å². The largest absolute Gasteiger partial charge is 0.480 e. The van der Waals surface area contributed by atoms with Gasteiger partial charge in [-0.3, -0.25) is 4.79 Å². The predicted octanol–water partition coefficient (Wildman–Crippen LogP) is 4.63. The number of esters is 1. The van der Waals surface area contributed by atoms with Crippen molar-refractivity contribution in [1.82, 2.24) is 10.4 Å². The van der Waals surface area contributed by atoms with Crippen LogP contribution >= 0.6 is 0 Å². The van der Waals surface area contributed by atoms with Crippen LogP contribution in [-0.2, 0) is 44.7 Å². The summed E-state index contributed by atoms with van der Waals surface area (Å²) in [7, 11) is 1.12. The number of ether oxygens (including phenoxy) is 2. The van der Waals surface area contributed by atoms with Gasteiger partial charge in [-0.15, -0.1) is 0 Å². The molecule has 2 atom stereocenters. The molecule has 0 aromatic heterocycles. The number of hydrogen-bond acceptors (Lipinski definition) is 6. The zero-order valence-corrected chi connectivity index (χ0v) is 20.9. The highest BCUT2D eigenvalue weighted by atomic mass is 19.4. The van der Waals surface area contributed by atoms with Gasteiger partial charge < -0.3 is 14.6 Å². The van der Waals surface area contributed by atoms with Gasteiger partial charge in [0.25, 0.3) is 0 Å². The summed E-state index contributed by atoms with van der Waals surface area (Å²) in [4.78, 5) is 38.2. The Morgan fingerprint density at radius 3 is 2.03 bits per heavy atom. The number of amides is 1. The first-order valence-corrected chi connectivity index (χ1v) is 11.8. The molecule has 206 valence electrons. The minimum Gasteiger partial charge on any atom is -0.480 e. The van der Waals surface area contributed by atoms with Crippen LogP contribution in [0, 0.1) is 0 Å². The molecule has 3 rings (SSSR count). The maximum absolute atomic E-state index is 13.3. The molecular weight excluding hydrogens is 517 g/mol. The average Bonchev–Trinajstić information content (AvgIpc) is 2.93. The second-order valence-corrected chi connectivity index (χ2v) is 8.56. The van der Waals surface area contributed by atoms with E-state index in [1.165, 1.54) is 6.07 Å². The Balaban J connectivity index is 1.92. The summed E-state index contributed by atoms with van der Waals surface area (Å²) in [5, 5.41) is 10.6. The first-order valence-electron chi connectivity index (χ1n) is 11.8. The monoisotopic (exact) mass is 544 g/mol. The number of aliphatic carboxylic acids is 1. The highest BCUT2D eigenvalue weighted by Crippen LogP contribution is 2.29. The molecule has 0 heterocycles. The molecule has 1 amide bonds. The lowest BCUT2D eigenvalue weighted by Crippen LogP contribution is -2.59. The van der Waals surface area contributed by atoms with Crippen LogP contribution in [0.4, 0.5) is 18.0 Å². The molecule has 3 aromatic carbocycles. The average molecular weight is 545 g/mol. The van der Waals surface area contributed by atoms with Crippen molar-refractivity contribution in [1.29, 1.82) is 0 Å². The highest BCUT2D eigenvalue weighted by Gasteiger charge is 2.36. The minimum atomic E-state index is -4.62. The van der Waals surface area contributed by atoms with E-state index in [-0.39, 0.29) is 18.6 Å². The van der Waals surface area contributed by atoms with Crippen molar-refractivity contribution >= 4 is 18.0 Å². The van der Waals surface area contributed by atoms with Crippen LogP contribution in [0.1, 0.15) is 22.3 Å². The maximum atomic E-state index is 13.3. The molecule has 0 aliphatic rings. The van der Waals surface area contributed by atoms with Crippen LogP contribution in [0.25, 0.3) is 0 Å². The highest BCUT2D eigenvalue weighted by molar-refractivity contribution is 5.82. The zero-order chi connectivity index (χ0) is 28.4. The fraction of sp³-hybridized carbons (Fsp3) is 0.250. The number of hydrogen-bond donors (Lipinski definition) is 2. The lowest BCUT2D eigenvalue weighted by Gasteiger charge is -2.32. The molecule has 0 fully saturated rings. The maximum Gasteiger partial charge on any atom is 0.425 e. The lowest BCUT2D eigenvalue weighted by molar-refractivity contribution is -0.150. The van der Waals surface area contributed by atoms with Crippen LogP contribution < -0.4 is 5.43 Å². The topological polar surface area (TPSA) is 105 Å². The van der Waals surface area contributed by atoms with E-state index in [4.69, 9.17) is 9.47 Å². The third-order valence-corrected chi connectivity index (χ3v) is 5.75. The number of carboxylic acids is 1. The van der Waals surface area contributed by atoms with Crippen LogP contribution in [0.5, 0.6) is 0 Å². The number of halogens is 3. The SMILES string of the molecule is COC(=O)[C@H](Cc1ccccc1)N(N[C@@H](Cc1cccc(C(F)(F)F)c1)C(=O)O)C(=O)OCc1ccccc1. The van der Waals surface area contributed by atoms with Crippen LogP contribution in [0.2, 0.25) is 0 Å². The van der Waals surface area contributed by atoms with E-state index in [2.05, 4.69) is 5.43 Å². The molecule has 3 aromatic rings. The number of methoxy groups -OCH3 is 1. The normalized spacial score (nSPS) is 12.7. The second kappa shape index (κ2) is 13.4. The molecule has 0 spiro atoms. The predicted molar refractivity (Wildman–Crippen MR) is 134 cm³/mol. The van der Waals surface area contributed by atoms with Gasteiger partial charge in [0.15, 0.2) is 6.04 Å². The smallest absolute Gasteiger partial charge is 0.425 e. The Bertz CT molecular complexity index is 1250. The molecule has 0 saturated carbocycles. The van der Waals surface area contributed by atoms with E-state index in [1.54, 1.807) is 60.7 Å². The van der Waals surface area contributed by atoms with Crippen molar-refractivity contribution in [2.45, 2.75) is 37.7 Å². The number of rotatable bonds is 11. The quantitative estimate of drug-likeness (QED) is 0.268. The standard InChI is InChI=1S/C28H27F3N2O6/c1-38-26(36)24(17-19-9-4-2-5-10-19)33(27(37)39-18-20-11-6-3-7-12-20)32-23(25(34)35)16-21-13-8-14-22(15-21)28(29,30)31/h2-15,23-24,32H,16-18H2,1H3,(H,34,35)/t23-,24-/m0/s1. The summed E-state index contributed by atoms with van der Waals surface area (Å²) in [6.07, 6.45) is -6.18. The van der Waals surface area contributed by atoms with Crippen molar-refractivity contribution < 1.29 is 42.1 Å². The Hall–Kier alpha value is -4.38. The number of carbonyl (C=O) groups is 3. The third kappa shape index (κ3) is 8.57. The Morgan fingerprint density at radius 2 is 1.46 bits per heavy atom. The summed E-state index contributed by atoms with van der Waals surface area (Å²) < 4.78 is 49.8. The summed E-state index contributed by atoms with van der Waals surface area (Å²) in [6, 6.07) is 18.5. The second-order valence-electron chi connectivity index (χ2n) is 8.56. The number of hydrazine groups is 1. The molecule has 0 radical (unpaired) electrons. The molecule has 0 aliphatic heterocycles. The number of alkyl halides is 3. The number of nitrogens with one attached hydrogen (secondary N) is 1. The van der Waals surface area contributed by atoms with Crippen LogP contribution in [-0.4, -0.2) is 47.3 Å². The third-order valence-electron chi connectivity index (χ3n) is 5.75. The molecule has 39 heavy (non-hydrogen) atoms. The van der Waals surface area contributed by atoms with Crippen molar-refractivity contribution in [2.24, 2.45) is 0 Å². The number of nitrogens with zero attached hydrogens (tertiary/aromatic N) is 1. The van der Waals surface area contributed by atoms with E-state index >= 15 is 0 Å². The molecule has 0 saturated heterocycles. The van der Waals surface area contributed by atoms with Gasteiger partial charge >= 0.3 is 24.2 Å². The molecule has 2 N–H and O–H groups in total. The molecular formula is C28H27F3N2O6. The van der Waals surface area contributed by atoms with Gasteiger partial charge in [-0.05, 0) is 22.8 Å². The Kier molecular flexibility index (Phi) is 10.0. The van der Waals surface area contributed by atoms with Crippen molar-refractivity contribution in [2.75, 3.05) is 7.11 Å². The van der Waals surface area contributed by atoms with E-state index in [1.807, 2.05) is 0 Å². The van der Waals surface area contributed by atoms with E-state index in [9.17, 15) is 32.7 Å². The van der Waals surface area contributed by atoms with Crippen LogP contribution in [0.3, 0.4) is 0 Å². The van der Waals surface area contributed by atoms with E-state index < -0.39 is 48.3 Å². The van der Waals surface area contributed by atoms with Gasteiger partial charge in [0, 0.05) is 12.8 Å². The number of benzene rings is 3. The van der Waals surface area contributed by atoms with Gasteiger partial charge in [-0.25, -0.2) is 20.0 Å². The van der Waals surface area contributed by atoms with Crippen molar-refractivity contribution in [3.63, 3.8) is 0 Å². The molecule has 0 aliphatic carbocycles. The first kappa shape index (κ1) is 29.2. The van der Waals surface area contributed by atoms with Gasteiger partial charge in [0.1, 0.15) is 12.6 Å². The summed E-state index contributed by atoms with van der Waals surface area (Å²) in [6.45, 7) is -0.178. The van der Waals surface area contributed by atoms with Gasteiger partial charge in [0.2, 0.25) is 0 Å². The molecule has 8 nitrogen and oxygen atoms in total. The van der Waals surface area contributed by atoms with Crippen molar-refractivity contribution in [3.8, 4) is 0 Å². The van der Waals surface area contributed by atoms with Gasteiger partial charge in [-0.1, -0.05) is 78.9 Å². The minimum absolute atomic E-state index is 0.0556. The fourth-order valence-electron chi connectivity index (χ4n) is 3.78. The lowest BCUT2D eigenvalue weighted by atomic mass is 10.0. The summed E-state index contributed by atoms with van der Waals surface area (Å²) in [5.74, 6) is -2.32. The van der Waals surface area contributed by atoms with Crippen molar-refractivity contribution in [3.05, 3.63) is 107 Å². The zero-order valence-electron chi connectivity index (χ0n) is 20.9. The van der Waals surface area contributed by atoms with Gasteiger partial charge in [0.05, 0.1) is 12.7 Å². The van der Waals surface area contributed by atoms with Gasteiger partial charge in [-0.2, -0.15) is 13.2 Å². The molecule has 11 heteroatoms. The van der Waals surface area contributed by atoms with E-state index in [0.717, 1.165) is 30.3 Å². The number of carboxylic acid groups (broad SMARTS) is 1. The molecule has 0 bridgehead atoms. The van der Waals surface area contributed by atoms with E-state index in [0.29, 0.717) is 11.1 Å². The Labute approximate surface area is 222 Å². The first-order chi connectivity index (χ1) is 18.6. The Morgan fingerprint density at radius 1 is 0.872 bits per heavy atom.